The molecule has 1 aliphatic heterocycles. The van der Waals surface area contributed by atoms with E-state index in [-0.39, 0.29) is 24.2 Å². The van der Waals surface area contributed by atoms with Crippen LogP contribution in [0.2, 0.25) is 0 Å². The Labute approximate surface area is 245 Å². The van der Waals surface area contributed by atoms with Crippen LogP contribution in [-0.4, -0.2) is 59.9 Å². The van der Waals surface area contributed by atoms with Crippen molar-refractivity contribution in [3.8, 4) is 0 Å². The number of amides is 3. The molecule has 0 aromatic heterocycles. The molecule has 3 N–H and O–H groups in total. The zero-order valence-electron chi connectivity index (χ0n) is 23.7. The molecule has 218 valence electrons. The van der Waals surface area contributed by atoms with Gasteiger partial charge in [0.15, 0.2) is 0 Å². The summed E-state index contributed by atoms with van der Waals surface area (Å²) in [6, 6.07) is 21.5. The third-order valence-corrected chi connectivity index (χ3v) is 7.80. The maximum absolute atomic E-state index is 13.3. The molecular formula is C33H36N4O5. The lowest BCUT2D eigenvalue weighted by Gasteiger charge is -2.37. The van der Waals surface area contributed by atoms with Crippen LogP contribution < -0.4 is 15.5 Å². The molecule has 9 nitrogen and oxygen atoms in total. The summed E-state index contributed by atoms with van der Waals surface area (Å²) in [5.41, 5.74) is 4.37. The molecule has 42 heavy (non-hydrogen) atoms. The van der Waals surface area contributed by atoms with Crippen molar-refractivity contribution >= 4 is 35.1 Å². The van der Waals surface area contributed by atoms with Crippen LogP contribution in [0.4, 0.5) is 11.4 Å². The van der Waals surface area contributed by atoms with Crippen LogP contribution in [0.3, 0.4) is 0 Å². The Bertz CT molecular complexity index is 1450. The number of aryl methyl sites for hydroxylation is 1. The van der Waals surface area contributed by atoms with E-state index in [1.165, 1.54) is 0 Å². The Morgan fingerprint density at radius 1 is 0.905 bits per heavy atom. The smallest absolute Gasteiger partial charge is 0.305 e. The number of benzene rings is 3. The number of anilines is 2. The summed E-state index contributed by atoms with van der Waals surface area (Å²) >= 11 is 0. The van der Waals surface area contributed by atoms with E-state index in [4.69, 9.17) is 0 Å². The summed E-state index contributed by atoms with van der Waals surface area (Å²) in [5.74, 6) is -1.46. The third-order valence-electron chi connectivity index (χ3n) is 7.80. The van der Waals surface area contributed by atoms with Gasteiger partial charge in [0.1, 0.15) is 0 Å². The molecule has 0 bridgehead atoms. The van der Waals surface area contributed by atoms with Gasteiger partial charge in [-0.25, -0.2) is 0 Å². The summed E-state index contributed by atoms with van der Waals surface area (Å²) in [6.45, 7) is 4.23. The Morgan fingerprint density at radius 3 is 2.24 bits per heavy atom. The number of nitrogens with zero attached hydrogens (tertiary/aromatic N) is 2. The van der Waals surface area contributed by atoms with Crippen molar-refractivity contribution in [1.82, 2.24) is 10.2 Å². The second-order valence-corrected chi connectivity index (χ2v) is 11.1. The highest BCUT2D eigenvalue weighted by Gasteiger charge is 2.31. The highest BCUT2D eigenvalue weighted by atomic mass is 16.4. The number of nitrogens with one attached hydrogen (secondary N) is 2. The molecule has 1 unspecified atom stereocenters. The van der Waals surface area contributed by atoms with E-state index in [2.05, 4.69) is 15.5 Å². The molecule has 5 rings (SSSR count). The molecule has 9 heteroatoms. The molecule has 3 amide bonds. The van der Waals surface area contributed by atoms with Gasteiger partial charge in [-0.05, 0) is 49.1 Å². The molecular weight excluding hydrogens is 532 g/mol. The SMILES string of the molecule is Cc1ccc(C(CC(=O)O)NC(=O)c2ccc(N3CCN(C(=O)Cc4ccccc4)CC3)c(NC(=O)C3CC3)c2)cc1. The van der Waals surface area contributed by atoms with Crippen LogP contribution in [0.15, 0.2) is 72.8 Å². The van der Waals surface area contributed by atoms with Gasteiger partial charge in [0.25, 0.3) is 5.91 Å². The first-order valence-electron chi connectivity index (χ1n) is 14.4. The van der Waals surface area contributed by atoms with Crippen LogP contribution in [0, 0.1) is 12.8 Å². The van der Waals surface area contributed by atoms with Crippen molar-refractivity contribution in [2.24, 2.45) is 5.92 Å². The number of carboxylic acid groups (broad SMARTS) is 1. The number of carbonyl (C=O) groups is 4. The normalized spacial score (nSPS) is 15.5. The molecule has 1 atom stereocenters. The van der Waals surface area contributed by atoms with Crippen LogP contribution >= 0.6 is 0 Å². The quantitative estimate of drug-likeness (QED) is 0.338. The predicted octanol–water partition coefficient (Wildman–Crippen LogP) is 4.18. The van der Waals surface area contributed by atoms with Gasteiger partial charge in [-0.1, -0.05) is 60.2 Å². The van der Waals surface area contributed by atoms with E-state index >= 15 is 0 Å². The zero-order valence-corrected chi connectivity index (χ0v) is 23.7. The minimum atomic E-state index is -1.02. The highest BCUT2D eigenvalue weighted by Crippen LogP contribution is 2.34. The van der Waals surface area contributed by atoms with E-state index in [9.17, 15) is 24.3 Å². The largest absolute Gasteiger partial charge is 0.481 e. The van der Waals surface area contributed by atoms with Gasteiger partial charge in [-0.3, -0.25) is 19.2 Å². The Balaban J connectivity index is 1.31. The standard InChI is InChI=1S/C33H36N4O5/c1-22-7-9-24(10-8-22)27(21-31(39)40)34-33(42)26-13-14-29(28(20-26)35-32(41)25-11-12-25)36-15-17-37(18-16-36)30(38)19-23-5-3-2-4-6-23/h2-10,13-14,20,25,27H,11-12,15-19,21H2,1H3,(H,34,42)(H,35,41)(H,39,40). The number of rotatable bonds is 10. The topological polar surface area (TPSA) is 119 Å². The lowest BCUT2D eigenvalue weighted by molar-refractivity contribution is -0.137. The second kappa shape index (κ2) is 12.9. The first kappa shape index (κ1) is 28.9. The fourth-order valence-corrected chi connectivity index (χ4v) is 5.18. The monoisotopic (exact) mass is 568 g/mol. The summed E-state index contributed by atoms with van der Waals surface area (Å²) in [6.07, 6.45) is 1.79. The minimum Gasteiger partial charge on any atom is -0.481 e. The Kier molecular flexibility index (Phi) is 8.85. The van der Waals surface area contributed by atoms with Gasteiger partial charge in [-0.15, -0.1) is 0 Å². The molecule has 0 spiro atoms. The van der Waals surface area contributed by atoms with Crippen molar-refractivity contribution in [2.75, 3.05) is 36.4 Å². The first-order valence-corrected chi connectivity index (χ1v) is 14.4. The van der Waals surface area contributed by atoms with Crippen LogP contribution in [0.1, 0.15) is 52.4 Å². The first-order chi connectivity index (χ1) is 20.3. The van der Waals surface area contributed by atoms with Crippen molar-refractivity contribution < 1.29 is 24.3 Å². The van der Waals surface area contributed by atoms with E-state index in [1.54, 1.807) is 12.1 Å². The van der Waals surface area contributed by atoms with E-state index in [0.717, 1.165) is 29.7 Å². The molecule has 1 aliphatic carbocycles. The van der Waals surface area contributed by atoms with Crippen LogP contribution in [0.25, 0.3) is 0 Å². The Morgan fingerprint density at radius 2 is 1.60 bits per heavy atom. The number of hydrogen-bond donors (Lipinski definition) is 3. The van der Waals surface area contributed by atoms with E-state index in [0.29, 0.717) is 49.4 Å². The predicted molar refractivity (Wildman–Crippen MR) is 160 cm³/mol. The van der Waals surface area contributed by atoms with Gasteiger partial charge in [0.2, 0.25) is 11.8 Å². The lowest BCUT2D eigenvalue weighted by Crippen LogP contribution is -2.49. The van der Waals surface area contributed by atoms with E-state index in [1.807, 2.05) is 72.5 Å². The van der Waals surface area contributed by atoms with E-state index < -0.39 is 17.9 Å². The van der Waals surface area contributed by atoms with Crippen molar-refractivity contribution in [2.45, 2.75) is 38.6 Å². The molecule has 2 aliphatic rings. The van der Waals surface area contributed by atoms with Gasteiger partial charge in [0, 0.05) is 37.7 Å². The summed E-state index contributed by atoms with van der Waals surface area (Å²) in [4.78, 5) is 54.5. The van der Waals surface area contributed by atoms with Gasteiger partial charge < -0.3 is 25.5 Å². The number of aliphatic carboxylic acids is 1. The molecule has 1 heterocycles. The molecule has 0 radical (unpaired) electrons. The maximum atomic E-state index is 13.3. The molecule has 1 saturated carbocycles. The second-order valence-electron chi connectivity index (χ2n) is 11.1. The number of carboxylic acids is 1. The summed E-state index contributed by atoms with van der Waals surface area (Å²) in [7, 11) is 0. The molecule has 2 fully saturated rings. The Hall–Kier alpha value is -4.66. The number of hydrogen-bond acceptors (Lipinski definition) is 5. The van der Waals surface area contributed by atoms with Crippen molar-refractivity contribution in [1.29, 1.82) is 0 Å². The average molecular weight is 569 g/mol. The fraction of sp³-hybridized carbons (Fsp3) is 0.333. The van der Waals surface area contributed by atoms with Crippen LogP contribution in [0.5, 0.6) is 0 Å². The molecule has 3 aromatic rings. The highest BCUT2D eigenvalue weighted by molar-refractivity contribution is 6.01. The number of carbonyl (C=O) groups excluding carboxylic acids is 3. The van der Waals surface area contributed by atoms with Gasteiger partial charge in [0.05, 0.1) is 30.3 Å². The maximum Gasteiger partial charge on any atom is 0.305 e. The molecule has 1 saturated heterocycles. The summed E-state index contributed by atoms with van der Waals surface area (Å²) < 4.78 is 0. The zero-order chi connectivity index (χ0) is 29.6. The number of piperazine rings is 1. The van der Waals surface area contributed by atoms with Crippen molar-refractivity contribution in [3.63, 3.8) is 0 Å². The van der Waals surface area contributed by atoms with Crippen LogP contribution in [-0.2, 0) is 20.8 Å². The molecule has 3 aromatic carbocycles. The lowest BCUT2D eigenvalue weighted by atomic mass is 10.0. The minimum absolute atomic E-state index is 0.0238. The fourth-order valence-electron chi connectivity index (χ4n) is 5.18. The summed E-state index contributed by atoms with van der Waals surface area (Å²) in [5, 5.41) is 15.3. The van der Waals surface area contributed by atoms with Crippen molar-refractivity contribution in [3.05, 3.63) is 95.1 Å². The average Bonchev–Trinajstić information content (AvgIpc) is 3.84. The van der Waals surface area contributed by atoms with Gasteiger partial charge in [-0.2, -0.15) is 0 Å². The third kappa shape index (κ3) is 7.34. The van der Waals surface area contributed by atoms with Gasteiger partial charge >= 0.3 is 5.97 Å².